The molecule has 2 rings (SSSR count). The molecular formula is C11H8F2N2O2S2. The first-order valence-electron chi connectivity index (χ1n) is 5.24. The molecule has 0 unspecified atom stereocenters. The SMILES string of the molecule is CCOC(=O)c1nnsc1Sc1ccc(F)c(F)c1. The normalized spacial score (nSPS) is 10.5. The summed E-state index contributed by atoms with van der Waals surface area (Å²) >= 11 is 2.08. The van der Waals surface area contributed by atoms with E-state index in [1.165, 1.54) is 6.07 Å². The molecule has 0 fully saturated rings. The van der Waals surface area contributed by atoms with Crippen molar-refractivity contribution < 1.29 is 18.3 Å². The topological polar surface area (TPSA) is 52.1 Å². The Morgan fingerprint density at radius 1 is 1.42 bits per heavy atom. The molecule has 19 heavy (non-hydrogen) atoms. The van der Waals surface area contributed by atoms with Crippen molar-refractivity contribution in [3.8, 4) is 0 Å². The van der Waals surface area contributed by atoms with Crippen molar-refractivity contribution in [2.75, 3.05) is 6.61 Å². The molecular weight excluding hydrogens is 294 g/mol. The molecule has 4 nitrogen and oxygen atoms in total. The first-order chi connectivity index (χ1) is 9.11. The van der Waals surface area contributed by atoms with E-state index >= 15 is 0 Å². The summed E-state index contributed by atoms with van der Waals surface area (Å²) in [5, 5.41) is 3.68. The molecule has 0 N–H and O–H groups in total. The Morgan fingerprint density at radius 2 is 2.21 bits per heavy atom. The van der Waals surface area contributed by atoms with Crippen LogP contribution in [-0.2, 0) is 4.74 Å². The molecule has 0 radical (unpaired) electrons. The fourth-order valence-electron chi connectivity index (χ4n) is 1.22. The average Bonchev–Trinajstić information content (AvgIpc) is 2.82. The van der Waals surface area contributed by atoms with Gasteiger partial charge in [0.15, 0.2) is 17.3 Å². The lowest BCUT2D eigenvalue weighted by atomic mass is 10.3. The fraction of sp³-hybridized carbons (Fsp3) is 0.182. The van der Waals surface area contributed by atoms with Crippen LogP contribution in [0, 0.1) is 11.6 Å². The van der Waals surface area contributed by atoms with Gasteiger partial charge in [0, 0.05) is 4.90 Å². The molecule has 0 spiro atoms. The Hall–Kier alpha value is -1.54. The Kier molecular flexibility index (Phi) is 4.43. The van der Waals surface area contributed by atoms with Crippen molar-refractivity contribution in [3.63, 3.8) is 0 Å². The van der Waals surface area contributed by atoms with Crippen LogP contribution in [-0.4, -0.2) is 22.2 Å². The summed E-state index contributed by atoms with van der Waals surface area (Å²) in [4.78, 5) is 12.0. The summed E-state index contributed by atoms with van der Waals surface area (Å²) in [5.41, 5.74) is 0.0848. The lowest BCUT2D eigenvalue weighted by molar-refractivity contribution is 0.0515. The molecule has 0 amide bonds. The standard InChI is InChI=1S/C11H8F2N2O2S2/c1-2-17-10(16)9-11(19-15-14-9)18-6-3-4-7(12)8(13)5-6/h3-5H,2H2,1H3. The Bertz CT molecular complexity index is 604. The van der Waals surface area contributed by atoms with Crippen LogP contribution in [0.2, 0.25) is 0 Å². The Morgan fingerprint density at radius 3 is 2.89 bits per heavy atom. The Labute approximate surface area is 116 Å². The fourth-order valence-corrected chi connectivity index (χ4v) is 2.90. The van der Waals surface area contributed by atoms with Gasteiger partial charge in [-0.1, -0.05) is 16.3 Å². The van der Waals surface area contributed by atoms with E-state index in [1.807, 2.05) is 0 Å². The smallest absolute Gasteiger partial charge is 0.361 e. The third-order valence-corrected chi connectivity index (χ3v) is 3.89. The van der Waals surface area contributed by atoms with Gasteiger partial charge in [-0.3, -0.25) is 0 Å². The number of hydrogen-bond donors (Lipinski definition) is 0. The number of ether oxygens (including phenoxy) is 1. The highest BCUT2D eigenvalue weighted by Gasteiger charge is 2.19. The van der Waals surface area contributed by atoms with Gasteiger partial charge < -0.3 is 4.74 Å². The van der Waals surface area contributed by atoms with E-state index < -0.39 is 17.6 Å². The summed E-state index contributed by atoms with van der Waals surface area (Å²) in [5.74, 6) is -2.45. The summed E-state index contributed by atoms with van der Waals surface area (Å²) in [7, 11) is 0. The lowest BCUT2D eigenvalue weighted by Gasteiger charge is -2.02. The molecule has 8 heteroatoms. The number of benzene rings is 1. The maximum atomic E-state index is 13.1. The zero-order chi connectivity index (χ0) is 13.8. The van der Waals surface area contributed by atoms with Crippen molar-refractivity contribution in [1.82, 2.24) is 9.59 Å². The highest BCUT2D eigenvalue weighted by atomic mass is 32.2. The van der Waals surface area contributed by atoms with Gasteiger partial charge in [-0.2, -0.15) is 0 Å². The van der Waals surface area contributed by atoms with Gasteiger partial charge in [0.1, 0.15) is 4.21 Å². The van der Waals surface area contributed by atoms with E-state index in [2.05, 4.69) is 9.59 Å². The van der Waals surface area contributed by atoms with E-state index in [9.17, 15) is 13.6 Å². The third-order valence-electron chi connectivity index (χ3n) is 2.03. The van der Waals surface area contributed by atoms with Gasteiger partial charge in [0.05, 0.1) is 6.61 Å². The average molecular weight is 302 g/mol. The highest BCUT2D eigenvalue weighted by Crippen LogP contribution is 2.33. The number of hydrogen-bond acceptors (Lipinski definition) is 6. The van der Waals surface area contributed by atoms with Crippen LogP contribution in [0.5, 0.6) is 0 Å². The van der Waals surface area contributed by atoms with Crippen LogP contribution in [0.3, 0.4) is 0 Å². The molecule has 0 aliphatic heterocycles. The van der Waals surface area contributed by atoms with Crippen LogP contribution in [0.15, 0.2) is 27.3 Å². The number of carbonyl (C=O) groups is 1. The third kappa shape index (κ3) is 3.27. The molecule has 1 aromatic carbocycles. The quantitative estimate of drug-likeness (QED) is 0.812. The molecule has 0 saturated heterocycles. The lowest BCUT2D eigenvalue weighted by Crippen LogP contribution is -2.06. The minimum Gasteiger partial charge on any atom is -0.461 e. The molecule has 0 aliphatic carbocycles. The van der Waals surface area contributed by atoms with Gasteiger partial charge in [-0.25, -0.2) is 13.6 Å². The van der Waals surface area contributed by atoms with Crippen molar-refractivity contribution in [3.05, 3.63) is 35.5 Å². The molecule has 1 heterocycles. The second-order valence-corrected chi connectivity index (χ2v) is 5.40. The second-order valence-electron chi connectivity index (χ2n) is 3.31. The van der Waals surface area contributed by atoms with E-state index in [0.29, 0.717) is 9.10 Å². The van der Waals surface area contributed by atoms with E-state index in [-0.39, 0.29) is 12.3 Å². The second kappa shape index (κ2) is 6.07. The number of esters is 1. The minimum absolute atomic E-state index is 0.0848. The summed E-state index contributed by atoms with van der Waals surface area (Å²) < 4.78 is 34.9. The number of nitrogens with zero attached hydrogens (tertiary/aromatic N) is 2. The maximum Gasteiger partial charge on any atom is 0.361 e. The molecule has 0 saturated carbocycles. The zero-order valence-corrected chi connectivity index (χ0v) is 11.4. The van der Waals surface area contributed by atoms with E-state index in [4.69, 9.17) is 4.74 Å². The predicted octanol–water partition coefficient (Wildman–Crippen LogP) is 3.14. The summed E-state index contributed by atoms with van der Waals surface area (Å²) in [6.45, 7) is 1.91. The first kappa shape index (κ1) is 13.9. The van der Waals surface area contributed by atoms with E-state index in [1.54, 1.807) is 6.92 Å². The van der Waals surface area contributed by atoms with Crippen LogP contribution in [0.4, 0.5) is 8.78 Å². The maximum absolute atomic E-state index is 13.1. The van der Waals surface area contributed by atoms with E-state index in [0.717, 1.165) is 35.4 Å². The summed E-state index contributed by atoms with van der Waals surface area (Å²) in [6.07, 6.45) is 0. The molecule has 0 bridgehead atoms. The minimum atomic E-state index is -0.944. The molecule has 1 aromatic heterocycles. The number of rotatable bonds is 4. The van der Waals surface area contributed by atoms with Crippen molar-refractivity contribution >= 4 is 29.3 Å². The number of halogens is 2. The largest absolute Gasteiger partial charge is 0.461 e. The van der Waals surface area contributed by atoms with Gasteiger partial charge >= 0.3 is 5.97 Å². The summed E-state index contributed by atoms with van der Waals surface area (Å²) in [6, 6.07) is 3.49. The van der Waals surface area contributed by atoms with Crippen molar-refractivity contribution in [2.24, 2.45) is 0 Å². The van der Waals surface area contributed by atoms with Gasteiger partial charge in [0.25, 0.3) is 0 Å². The predicted molar refractivity (Wildman–Crippen MR) is 66.3 cm³/mol. The van der Waals surface area contributed by atoms with Crippen LogP contribution < -0.4 is 0 Å². The number of carbonyl (C=O) groups excluding carboxylic acids is 1. The van der Waals surface area contributed by atoms with Gasteiger partial charge in [-0.05, 0) is 36.7 Å². The van der Waals surface area contributed by atoms with Gasteiger partial charge in [-0.15, -0.1) is 5.10 Å². The molecule has 100 valence electrons. The van der Waals surface area contributed by atoms with Crippen molar-refractivity contribution in [1.29, 1.82) is 0 Å². The van der Waals surface area contributed by atoms with Crippen LogP contribution in [0.25, 0.3) is 0 Å². The molecule has 0 aliphatic rings. The monoisotopic (exact) mass is 302 g/mol. The zero-order valence-electron chi connectivity index (χ0n) is 9.72. The molecule has 0 atom stereocenters. The number of aromatic nitrogens is 2. The first-order valence-corrected chi connectivity index (χ1v) is 6.83. The highest BCUT2D eigenvalue weighted by molar-refractivity contribution is 8.01. The van der Waals surface area contributed by atoms with Crippen molar-refractivity contribution in [2.45, 2.75) is 16.0 Å². The molecule has 2 aromatic rings. The Balaban J connectivity index is 2.21. The van der Waals surface area contributed by atoms with Crippen LogP contribution >= 0.6 is 23.3 Å². The van der Waals surface area contributed by atoms with Crippen LogP contribution in [0.1, 0.15) is 17.4 Å². The van der Waals surface area contributed by atoms with Gasteiger partial charge in [0.2, 0.25) is 0 Å².